The summed E-state index contributed by atoms with van der Waals surface area (Å²) < 4.78 is 18.7. The van der Waals surface area contributed by atoms with Crippen LogP contribution in [0.5, 0.6) is 11.5 Å². The molecule has 1 saturated heterocycles. The zero-order chi connectivity index (χ0) is 41.4. The fraction of sp³-hybridized carbons (Fsp3) is 0.395. The summed E-state index contributed by atoms with van der Waals surface area (Å²) in [4.78, 5) is 31.1. The van der Waals surface area contributed by atoms with Gasteiger partial charge in [-0.1, -0.05) is 66.7 Å². The van der Waals surface area contributed by atoms with Gasteiger partial charge in [-0.3, -0.25) is 25.1 Å². The molecule has 0 radical (unpaired) electrons. The van der Waals surface area contributed by atoms with Crippen LogP contribution in [0.25, 0.3) is 5.57 Å². The van der Waals surface area contributed by atoms with Gasteiger partial charge < -0.3 is 29.3 Å². The third-order valence-electron chi connectivity index (χ3n) is 11.1. The molecule has 0 spiro atoms. The minimum absolute atomic E-state index is 0.0186. The van der Waals surface area contributed by atoms with Crippen LogP contribution in [0.3, 0.4) is 0 Å². The number of aromatic nitrogens is 2. The number of nitro groups is 1. The summed E-state index contributed by atoms with van der Waals surface area (Å²) in [5.74, 6) is -0.513. The summed E-state index contributed by atoms with van der Waals surface area (Å²) in [5.41, 5.74) is 2.92. The molecule has 1 fully saturated rings. The molecule has 1 aliphatic heterocycles. The normalized spacial score (nSPS) is 19.5. The standard InChI is InChI=1S/C43H48N6O9/c1-27-8-4-5-11-34(27)35-12-7-15-43(28(35)2,42-46-39(47-58-42)23-48-16-13-30(24-50)14-17-48)26-57-38-20-37(56-25-32-10-6-9-31(18-32)21-44)33(19-36(38)49(54)55)22-45-40(29(3)51)41(52)53/h4-12,15,18-20,28-30,40,45,50-51H,13-14,16-17,22-26H2,1-3H3,(H,52,53). The number of aliphatic hydroxyl groups is 2. The van der Waals surface area contributed by atoms with Crippen LogP contribution >= 0.6 is 0 Å². The molecule has 4 N–H and O–H groups in total. The van der Waals surface area contributed by atoms with E-state index in [4.69, 9.17) is 19.0 Å². The van der Waals surface area contributed by atoms with Crippen molar-refractivity contribution in [3.8, 4) is 17.6 Å². The van der Waals surface area contributed by atoms with E-state index in [9.17, 15) is 35.5 Å². The van der Waals surface area contributed by atoms with E-state index in [1.165, 1.54) is 19.1 Å². The number of piperidine rings is 1. The second-order valence-corrected chi connectivity index (χ2v) is 15.0. The third-order valence-corrected chi connectivity index (χ3v) is 11.1. The Bertz CT molecular complexity index is 2200. The first-order valence-electron chi connectivity index (χ1n) is 19.2. The number of nitro benzene ring substituents is 1. The molecule has 6 rings (SSSR count). The van der Waals surface area contributed by atoms with Gasteiger partial charge in [-0.25, -0.2) is 0 Å². The van der Waals surface area contributed by atoms with Crippen LogP contribution in [0.2, 0.25) is 0 Å². The number of carbonyl (C=O) groups is 1. The van der Waals surface area contributed by atoms with E-state index in [-0.39, 0.29) is 61.2 Å². The molecule has 0 bridgehead atoms. The number of hydrogen-bond acceptors (Lipinski definition) is 13. The van der Waals surface area contributed by atoms with E-state index in [2.05, 4.69) is 21.4 Å². The highest BCUT2D eigenvalue weighted by molar-refractivity contribution is 5.75. The van der Waals surface area contributed by atoms with Gasteiger partial charge in [0.25, 0.3) is 0 Å². The van der Waals surface area contributed by atoms with Gasteiger partial charge >= 0.3 is 11.7 Å². The molecule has 304 valence electrons. The summed E-state index contributed by atoms with van der Waals surface area (Å²) in [6.07, 6.45) is 6.34. The van der Waals surface area contributed by atoms with E-state index >= 15 is 0 Å². The Morgan fingerprint density at radius 2 is 1.93 bits per heavy atom. The second-order valence-electron chi connectivity index (χ2n) is 15.0. The topological polar surface area (TPSA) is 217 Å². The van der Waals surface area contributed by atoms with Crippen LogP contribution in [0.1, 0.15) is 66.2 Å². The lowest BCUT2D eigenvalue weighted by Crippen LogP contribution is -2.44. The molecule has 4 aromatic rings. The molecule has 15 nitrogen and oxygen atoms in total. The van der Waals surface area contributed by atoms with Crippen LogP contribution in [-0.2, 0) is 29.9 Å². The zero-order valence-corrected chi connectivity index (χ0v) is 32.7. The maximum Gasteiger partial charge on any atom is 0.323 e. The number of nitrogens with one attached hydrogen (secondary N) is 1. The Morgan fingerprint density at radius 3 is 2.62 bits per heavy atom. The molecule has 58 heavy (non-hydrogen) atoms. The number of allylic oxidation sites excluding steroid dienone is 3. The molecule has 4 atom stereocenters. The number of nitriles is 1. The van der Waals surface area contributed by atoms with Crippen LogP contribution < -0.4 is 14.8 Å². The van der Waals surface area contributed by atoms with E-state index in [0.717, 1.165) is 42.6 Å². The molecule has 2 aliphatic rings. The minimum atomic E-state index is -1.36. The number of aliphatic hydroxyl groups excluding tert-OH is 2. The fourth-order valence-electron chi connectivity index (χ4n) is 7.53. The largest absolute Gasteiger partial charge is 0.488 e. The smallest absolute Gasteiger partial charge is 0.323 e. The summed E-state index contributed by atoms with van der Waals surface area (Å²) in [6.45, 7) is 7.22. The maximum absolute atomic E-state index is 12.7. The number of likely N-dealkylation sites (tertiary alicyclic amines) is 1. The lowest BCUT2D eigenvalue weighted by molar-refractivity contribution is -0.386. The highest BCUT2D eigenvalue weighted by Gasteiger charge is 2.46. The van der Waals surface area contributed by atoms with Gasteiger partial charge in [0.1, 0.15) is 30.4 Å². The van der Waals surface area contributed by atoms with Crippen LogP contribution in [-0.4, -0.2) is 79.7 Å². The molecular weight excluding hydrogens is 745 g/mol. The Labute approximate surface area is 336 Å². The monoisotopic (exact) mass is 792 g/mol. The van der Waals surface area contributed by atoms with Crippen LogP contribution in [0, 0.1) is 40.2 Å². The Morgan fingerprint density at radius 1 is 1.16 bits per heavy atom. The van der Waals surface area contributed by atoms with Crippen molar-refractivity contribution < 1.29 is 39.0 Å². The number of aryl methyl sites for hydroxylation is 1. The average molecular weight is 793 g/mol. The predicted molar refractivity (Wildman–Crippen MR) is 213 cm³/mol. The van der Waals surface area contributed by atoms with Crippen molar-refractivity contribution in [3.05, 3.63) is 129 Å². The Balaban J connectivity index is 1.36. The SMILES string of the molecule is Cc1ccccc1C1=CC=CC(COc2cc(OCc3cccc(C#N)c3)c(CNC(C(=O)O)C(C)O)cc2[N+](=O)[O-])(c2nc(CN3CCC(CO)CC3)no2)C1C. The van der Waals surface area contributed by atoms with Crippen molar-refractivity contribution in [2.75, 3.05) is 26.3 Å². The van der Waals surface area contributed by atoms with Gasteiger partial charge in [-0.15, -0.1) is 0 Å². The van der Waals surface area contributed by atoms with Crippen LogP contribution in [0.15, 0.2) is 83.4 Å². The van der Waals surface area contributed by atoms with E-state index < -0.39 is 34.1 Å². The maximum atomic E-state index is 12.7. The van der Waals surface area contributed by atoms with Gasteiger partial charge in [0, 0.05) is 36.8 Å². The number of carboxylic acids is 1. The predicted octanol–water partition coefficient (Wildman–Crippen LogP) is 5.47. The van der Waals surface area contributed by atoms with Gasteiger partial charge in [-0.2, -0.15) is 10.2 Å². The van der Waals surface area contributed by atoms with Gasteiger partial charge in [0.15, 0.2) is 5.82 Å². The van der Waals surface area contributed by atoms with Gasteiger partial charge in [-0.05, 0) is 80.1 Å². The zero-order valence-electron chi connectivity index (χ0n) is 32.7. The number of benzene rings is 3. The quantitative estimate of drug-likeness (QED) is 0.0770. The first-order valence-corrected chi connectivity index (χ1v) is 19.2. The van der Waals surface area contributed by atoms with Crippen molar-refractivity contribution in [2.45, 2.75) is 70.9 Å². The molecule has 0 amide bonds. The lowest BCUT2D eigenvalue weighted by atomic mass is 9.68. The highest BCUT2D eigenvalue weighted by atomic mass is 16.6. The molecule has 0 saturated carbocycles. The first kappa shape index (κ1) is 41.7. The van der Waals surface area contributed by atoms with Crippen LogP contribution in [0.4, 0.5) is 5.69 Å². The summed E-state index contributed by atoms with van der Waals surface area (Å²) in [6, 6.07) is 18.2. The first-order chi connectivity index (χ1) is 27.9. The minimum Gasteiger partial charge on any atom is -0.488 e. The summed E-state index contributed by atoms with van der Waals surface area (Å²) in [7, 11) is 0. The Hall–Kier alpha value is -5.92. The lowest BCUT2D eigenvalue weighted by Gasteiger charge is -2.37. The summed E-state index contributed by atoms with van der Waals surface area (Å²) in [5, 5.41) is 58.6. The number of nitrogens with zero attached hydrogens (tertiary/aromatic N) is 5. The highest BCUT2D eigenvalue weighted by Crippen LogP contribution is 2.46. The van der Waals surface area contributed by atoms with Gasteiger partial charge in [0.05, 0.1) is 29.2 Å². The molecular formula is C43H48N6O9. The molecule has 2 heterocycles. The van der Waals surface area contributed by atoms with E-state index in [0.29, 0.717) is 23.5 Å². The average Bonchev–Trinajstić information content (AvgIpc) is 3.69. The summed E-state index contributed by atoms with van der Waals surface area (Å²) >= 11 is 0. The Kier molecular flexibility index (Phi) is 13.3. The van der Waals surface area contributed by atoms with Crippen molar-refractivity contribution >= 4 is 17.2 Å². The number of rotatable bonds is 17. The number of aliphatic carboxylic acids is 1. The van der Waals surface area contributed by atoms with Crippen molar-refractivity contribution in [2.24, 2.45) is 11.8 Å². The molecule has 1 aliphatic carbocycles. The molecule has 4 unspecified atom stereocenters. The third kappa shape index (κ3) is 9.43. The van der Waals surface area contributed by atoms with Gasteiger partial charge in [0.2, 0.25) is 11.6 Å². The molecule has 15 heteroatoms. The van der Waals surface area contributed by atoms with E-state index in [1.54, 1.807) is 24.3 Å². The van der Waals surface area contributed by atoms with Crippen molar-refractivity contribution in [1.29, 1.82) is 5.26 Å². The molecule has 3 aromatic carbocycles. The number of hydrogen-bond donors (Lipinski definition) is 4. The fourth-order valence-corrected chi connectivity index (χ4v) is 7.53. The second kappa shape index (κ2) is 18.6. The number of carboxylic acid groups (broad SMARTS) is 1. The number of ether oxygens (including phenoxy) is 2. The van der Waals surface area contributed by atoms with Crippen molar-refractivity contribution in [3.63, 3.8) is 0 Å². The van der Waals surface area contributed by atoms with E-state index in [1.807, 2.05) is 56.3 Å². The van der Waals surface area contributed by atoms with Crippen molar-refractivity contribution in [1.82, 2.24) is 20.4 Å². The molecule has 1 aromatic heterocycles.